The molecule has 1 saturated carbocycles. The van der Waals surface area contributed by atoms with Gasteiger partial charge in [0, 0.05) is 36.8 Å². The third-order valence-electron chi connectivity index (χ3n) is 7.40. The lowest BCUT2D eigenvalue weighted by Crippen LogP contribution is -2.43. The first kappa shape index (κ1) is 29.7. The van der Waals surface area contributed by atoms with E-state index in [9.17, 15) is 14.7 Å². The van der Waals surface area contributed by atoms with Crippen LogP contribution in [0.15, 0.2) is 61.2 Å². The van der Waals surface area contributed by atoms with Crippen molar-refractivity contribution < 1.29 is 28.9 Å². The molecule has 1 heterocycles. The standard InChI is InChI=1S/C31H41N3O6/c1-3-17-34(26-7-5-6-8-26)20-27-18-28(23-11-9-22(21-35)10-12-23)40-30(39-27)24-13-15-25(16-14-24)33-31(37)32-19-29(36)38-4-2/h3,9-16,26-28,30,35H,1,4-8,17-21H2,2H3,(H2,32,33,37)/t27-,28+,30+/m0/s1. The zero-order valence-electron chi connectivity index (χ0n) is 23.2. The van der Waals surface area contributed by atoms with E-state index >= 15 is 0 Å². The number of rotatable bonds is 12. The predicted molar refractivity (Wildman–Crippen MR) is 153 cm³/mol. The Kier molecular flexibility index (Phi) is 11.1. The van der Waals surface area contributed by atoms with Gasteiger partial charge in [-0.3, -0.25) is 9.69 Å². The molecule has 2 aromatic rings. The minimum absolute atomic E-state index is 0.000695. The van der Waals surface area contributed by atoms with Crippen LogP contribution >= 0.6 is 0 Å². The fourth-order valence-electron chi connectivity index (χ4n) is 5.37. The molecule has 2 aromatic carbocycles. The molecule has 0 radical (unpaired) electrons. The highest BCUT2D eigenvalue weighted by Gasteiger charge is 2.34. The van der Waals surface area contributed by atoms with E-state index in [4.69, 9.17) is 14.2 Å². The normalized spacial score (nSPS) is 21.2. The zero-order valence-corrected chi connectivity index (χ0v) is 23.2. The van der Waals surface area contributed by atoms with E-state index in [2.05, 4.69) is 22.1 Å². The number of anilines is 1. The maximum Gasteiger partial charge on any atom is 0.325 e. The maximum atomic E-state index is 12.2. The Bertz CT molecular complexity index is 1100. The number of aliphatic hydroxyl groups is 1. The van der Waals surface area contributed by atoms with Gasteiger partial charge in [0.05, 0.1) is 25.4 Å². The molecule has 0 aromatic heterocycles. The van der Waals surface area contributed by atoms with Gasteiger partial charge in [-0.05, 0) is 43.0 Å². The van der Waals surface area contributed by atoms with Gasteiger partial charge >= 0.3 is 12.0 Å². The Hall–Kier alpha value is -3.24. The molecular formula is C31H41N3O6. The summed E-state index contributed by atoms with van der Waals surface area (Å²) in [5.74, 6) is -0.491. The monoisotopic (exact) mass is 551 g/mol. The van der Waals surface area contributed by atoms with Gasteiger partial charge in [-0.25, -0.2) is 4.79 Å². The minimum atomic E-state index is -0.581. The molecule has 1 saturated heterocycles. The van der Waals surface area contributed by atoms with Crippen molar-refractivity contribution in [2.24, 2.45) is 0 Å². The van der Waals surface area contributed by atoms with E-state index < -0.39 is 18.3 Å². The summed E-state index contributed by atoms with van der Waals surface area (Å²) in [6, 6.07) is 15.2. The third kappa shape index (κ3) is 8.38. The van der Waals surface area contributed by atoms with Crippen LogP contribution in [0.25, 0.3) is 0 Å². The summed E-state index contributed by atoms with van der Waals surface area (Å²) in [5, 5.41) is 14.7. The number of nitrogens with one attached hydrogen (secondary N) is 2. The van der Waals surface area contributed by atoms with Crippen LogP contribution in [-0.2, 0) is 25.6 Å². The third-order valence-corrected chi connectivity index (χ3v) is 7.40. The smallest absolute Gasteiger partial charge is 0.325 e. The van der Waals surface area contributed by atoms with Gasteiger partial charge in [-0.2, -0.15) is 0 Å². The number of benzene rings is 2. The molecule has 2 amide bonds. The number of nitrogens with zero attached hydrogens (tertiary/aromatic N) is 1. The summed E-state index contributed by atoms with van der Waals surface area (Å²) in [7, 11) is 0. The molecule has 1 aliphatic heterocycles. The molecule has 0 spiro atoms. The first-order valence-electron chi connectivity index (χ1n) is 14.1. The van der Waals surface area contributed by atoms with Crippen LogP contribution in [0.3, 0.4) is 0 Å². The lowest BCUT2D eigenvalue weighted by Gasteiger charge is -2.39. The molecule has 0 unspecified atom stereocenters. The Balaban J connectivity index is 1.46. The Morgan fingerprint density at radius 3 is 2.42 bits per heavy atom. The van der Waals surface area contributed by atoms with Crippen molar-refractivity contribution in [2.75, 3.05) is 31.6 Å². The lowest BCUT2D eigenvalue weighted by atomic mass is 9.99. The summed E-state index contributed by atoms with van der Waals surface area (Å²) in [5.41, 5.74) is 3.32. The number of carbonyl (C=O) groups excluding carboxylic acids is 2. The van der Waals surface area contributed by atoms with Gasteiger partial charge in [0.15, 0.2) is 6.29 Å². The first-order valence-corrected chi connectivity index (χ1v) is 14.1. The molecule has 0 bridgehead atoms. The van der Waals surface area contributed by atoms with E-state index in [-0.39, 0.29) is 32.0 Å². The van der Waals surface area contributed by atoms with Gasteiger partial charge in [0.1, 0.15) is 6.54 Å². The minimum Gasteiger partial charge on any atom is -0.465 e. The molecule has 9 nitrogen and oxygen atoms in total. The van der Waals surface area contributed by atoms with Gasteiger partial charge in [-0.1, -0.05) is 55.3 Å². The molecule has 4 rings (SSSR count). The quantitative estimate of drug-likeness (QED) is 0.256. The van der Waals surface area contributed by atoms with Gasteiger partial charge in [-0.15, -0.1) is 6.58 Å². The van der Waals surface area contributed by atoms with E-state index in [0.717, 1.165) is 36.2 Å². The van der Waals surface area contributed by atoms with Crippen molar-refractivity contribution in [1.29, 1.82) is 0 Å². The zero-order chi connectivity index (χ0) is 28.3. The lowest BCUT2D eigenvalue weighted by molar-refractivity contribution is -0.253. The average molecular weight is 552 g/mol. The number of hydrogen-bond donors (Lipinski definition) is 3. The fourth-order valence-corrected chi connectivity index (χ4v) is 5.37. The van der Waals surface area contributed by atoms with Crippen molar-refractivity contribution >= 4 is 17.7 Å². The van der Waals surface area contributed by atoms with Crippen LogP contribution in [0.5, 0.6) is 0 Å². The highest BCUT2D eigenvalue weighted by atomic mass is 16.7. The van der Waals surface area contributed by atoms with Crippen LogP contribution in [0.2, 0.25) is 0 Å². The fraction of sp³-hybridized carbons (Fsp3) is 0.484. The SMILES string of the molecule is C=CCN(C[C@@H]1C[C@H](c2ccc(CO)cc2)O[C@H](c2ccc(NC(=O)NCC(=O)OCC)cc2)O1)C1CCCC1. The summed E-state index contributed by atoms with van der Waals surface area (Å²) in [6.45, 7) is 7.37. The Morgan fingerprint density at radius 1 is 1.07 bits per heavy atom. The summed E-state index contributed by atoms with van der Waals surface area (Å²) in [6.07, 6.45) is 6.81. The summed E-state index contributed by atoms with van der Waals surface area (Å²) in [4.78, 5) is 26.1. The molecule has 1 aliphatic carbocycles. The van der Waals surface area contributed by atoms with Crippen LogP contribution < -0.4 is 10.6 Å². The van der Waals surface area contributed by atoms with E-state index in [1.165, 1.54) is 25.7 Å². The Morgan fingerprint density at radius 2 is 1.77 bits per heavy atom. The number of ether oxygens (including phenoxy) is 3. The van der Waals surface area contributed by atoms with Crippen LogP contribution in [0.1, 0.15) is 68.1 Å². The second kappa shape index (κ2) is 14.9. The number of hydrogen-bond acceptors (Lipinski definition) is 7. The van der Waals surface area contributed by atoms with Gasteiger partial charge < -0.3 is 30.0 Å². The van der Waals surface area contributed by atoms with Gasteiger partial charge in [0.2, 0.25) is 0 Å². The number of aliphatic hydroxyl groups excluding tert-OH is 1. The van der Waals surface area contributed by atoms with E-state index in [1.54, 1.807) is 19.1 Å². The second-order valence-corrected chi connectivity index (χ2v) is 10.3. The van der Waals surface area contributed by atoms with Gasteiger partial charge in [0.25, 0.3) is 0 Å². The van der Waals surface area contributed by atoms with Crippen molar-refractivity contribution in [1.82, 2.24) is 10.2 Å². The molecule has 2 fully saturated rings. The van der Waals surface area contributed by atoms with E-state index in [0.29, 0.717) is 11.7 Å². The first-order chi connectivity index (χ1) is 19.5. The predicted octanol–water partition coefficient (Wildman–Crippen LogP) is 4.84. The molecule has 2 aliphatic rings. The van der Waals surface area contributed by atoms with Crippen molar-refractivity contribution in [3.8, 4) is 0 Å². The van der Waals surface area contributed by atoms with Crippen LogP contribution in [0, 0.1) is 0 Å². The molecular weight excluding hydrogens is 510 g/mol. The number of esters is 1. The molecule has 216 valence electrons. The molecule has 3 N–H and O–H groups in total. The summed E-state index contributed by atoms with van der Waals surface area (Å²) >= 11 is 0. The second-order valence-electron chi connectivity index (χ2n) is 10.3. The largest absolute Gasteiger partial charge is 0.465 e. The van der Waals surface area contributed by atoms with Crippen LogP contribution in [-0.4, -0.2) is 60.4 Å². The topological polar surface area (TPSA) is 109 Å². The Labute approximate surface area is 236 Å². The molecule has 3 atom stereocenters. The number of carbonyl (C=O) groups is 2. The molecule has 40 heavy (non-hydrogen) atoms. The summed E-state index contributed by atoms with van der Waals surface area (Å²) < 4.78 is 17.8. The number of urea groups is 1. The van der Waals surface area contributed by atoms with Crippen molar-refractivity contribution in [2.45, 2.75) is 70.2 Å². The van der Waals surface area contributed by atoms with Crippen molar-refractivity contribution in [3.05, 3.63) is 77.9 Å². The molecule has 9 heteroatoms. The van der Waals surface area contributed by atoms with E-state index in [1.807, 2.05) is 42.5 Å². The maximum absolute atomic E-state index is 12.2. The van der Waals surface area contributed by atoms with Crippen LogP contribution in [0.4, 0.5) is 10.5 Å². The number of amides is 2. The highest BCUT2D eigenvalue weighted by Crippen LogP contribution is 2.39. The average Bonchev–Trinajstić information content (AvgIpc) is 3.52. The van der Waals surface area contributed by atoms with Crippen molar-refractivity contribution in [3.63, 3.8) is 0 Å². The highest BCUT2D eigenvalue weighted by molar-refractivity contribution is 5.91.